The molecule has 0 spiro atoms. The van der Waals surface area contributed by atoms with Crippen LogP contribution in [0.2, 0.25) is 0 Å². The van der Waals surface area contributed by atoms with Crippen molar-refractivity contribution in [1.29, 1.82) is 0 Å². The summed E-state index contributed by atoms with van der Waals surface area (Å²) in [6.07, 6.45) is -2.27. The van der Waals surface area contributed by atoms with Gasteiger partial charge in [0.15, 0.2) is 0 Å². The summed E-state index contributed by atoms with van der Waals surface area (Å²) in [6, 6.07) is -1.05. The van der Waals surface area contributed by atoms with Crippen LogP contribution in [-0.2, 0) is 9.53 Å². The molecule has 1 atom stereocenters. The van der Waals surface area contributed by atoms with E-state index in [1.165, 1.54) is 0 Å². The van der Waals surface area contributed by atoms with Crippen molar-refractivity contribution in [3.63, 3.8) is 0 Å². The summed E-state index contributed by atoms with van der Waals surface area (Å²) in [6.45, 7) is -0.00639. The molecule has 0 saturated carbocycles. The highest BCUT2D eigenvalue weighted by molar-refractivity contribution is 5.75. The molecule has 1 aliphatic rings. The second kappa shape index (κ2) is 3.61. The summed E-state index contributed by atoms with van der Waals surface area (Å²) >= 11 is 0. The molecule has 0 aromatic heterocycles. The first-order chi connectivity index (χ1) is 6.75. The van der Waals surface area contributed by atoms with Crippen LogP contribution in [0.15, 0.2) is 0 Å². The number of urea groups is 1. The standard InChI is InChI=1S/C7H10F2N2O4/c1-4(12)15-5-7(8,9)3-10(2)6(13)11(5)14/h5,14H,3H2,1-2H3. The first kappa shape index (κ1) is 11.6. The van der Waals surface area contributed by atoms with E-state index in [0.29, 0.717) is 4.90 Å². The van der Waals surface area contributed by atoms with Crippen LogP contribution in [0.3, 0.4) is 0 Å². The number of halogens is 2. The molecule has 2 amide bonds. The van der Waals surface area contributed by atoms with Gasteiger partial charge in [-0.05, 0) is 0 Å². The second-order valence-electron chi connectivity index (χ2n) is 3.21. The fourth-order valence-corrected chi connectivity index (χ4v) is 1.21. The maximum atomic E-state index is 13.2. The molecule has 6 nitrogen and oxygen atoms in total. The fourth-order valence-electron chi connectivity index (χ4n) is 1.21. The average Bonchev–Trinajstić information content (AvgIpc) is 2.08. The molecular weight excluding hydrogens is 214 g/mol. The highest BCUT2D eigenvalue weighted by Gasteiger charge is 2.54. The number of esters is 1. The van der Waals surface area contributed by atoms with Crippen LogP contribution in [0.5, 0.6) is 0 Å². The molecule has 0 aromatic rings. The number of hydrogen-bond donors (Lipinski definition) is 1. The zero-order valence-corrected chi connectivity index (χ0v) is 8.11. The molecule has 1 rings (SSSR count). The Morgan fingerprint density at radius 2 is 2.20 bits per heavy atom. The van der Waals surface area contributed by atoms with Gasteiger partial charge in [-0.25, -0.2) is 4.79 Å². The minimum Gasteiger partial charge on any atom is -0.433 e. The molecule has 1 saturated heterocycles. The Morgan fingerprint density at radius 1 is 1.67 bits per heavy atom. The monoisotopic (exact) mass is 224 g/mol. The second-order valence-corrected chi connectivity index (χ2v) is 3.21. The van der Waals surface area contributed by atoms with E-state index in [-0.39, 0.29) is 5.06 Å². The van der Waals surface area contributed by atoms with Gasteiger partial charge in [0.25, 0.3) is 6.23 Å². The van der Waals surface area contributed by atoms with Crippen LogP contribution in [0, 0.1) is 0 Å². The van der Waals surface area contributed by atoms with Gasteiger partial charge >= 0.3 is 17.9 Å². The number of hydrogen-bond acceptors (Lipinski definition) is 4. The minimum atomic E-state index is -3.51. The number of amides is 2. The SMILES string of the molecule is CC(=O)OC1N(O)C(=O)N(C)CC1(F)F. The number of carbonyl (C=O) groups excluding carboxylic acids is 2. The average molecular weight is 224 g/mol. The van der Waals surface area contributed by atoms with Crippen LogP contribution in [0.4, 0.5) is 13.6 Å². The van der Waals surface area contributed by atoms with Gasteiger partial charge in [-0.1, -0.05) is 0 Å². The Balaban J connectivity index is 2.90. The van der Waals surface area contributed by atoms with Gasteiger partial charge < -0.3 is 9.64 Å². The minimum absolute atomic E-state index is 0.287. The summed E-state index contributed by atoms with van der Waals surface area (Å²) in [4.78, 5) is 22.2. The van der Waals surface area contributed by atoms with Crippen molar-refractivity contribution in [2.24, 2.45) is 0 Å². The van der Waals surface area contributed by atoms with Crippen molar-refractivity contribution in [1.82, 2.24) is 9.96 Å². The number of hydroxylamine groups is 2. The Labute approximate surface area is 84.0 Å². The zero-order valence-electron chi connectivity index (χ0n) is 8.11. The zero-order chi connectivity index (χ0) is 11.8. The van der Waals surface area contributed by atoms with Crippen molar-refractivity contribution < 1.29 is 28.3 Å². The largest absolute Gasteiger partial charge is 0.433 e. The molecule has 1 N–H and O–H groups in total. The first-order valence-electron chi connectivity index (χ1n) is 4.04. The van der Waals surface area contributed by atoms with Crippen LogP contribution in [0.25, 0.3) is 0 Å². The van der Waals surface area contributed by atoms with Crippen molar-refractivity contribution >= 4 is 12.0 Å². The molecule has 1 aliphatic heterocycles. The van der Waals surface area contributed by atoms with Crippen molar-refractivity contribution in [2.45, 2.75) is 19.1 Å². The quantitative estimate of drug-likeness (QED) is 0.512. The summed E-state index contributed by atoms with van der Waals surface area (Å²) in [5.41, 5.74) is 0. The molecule has 0 bridgehead atoms. The van der Waals surface area contributed by atoms with Gasteiger partial charge in [0.05, 0.1) is 6.54 Å². The van der Waals surface area contributed by atoms with Crippen LogP contribution in [-0.4, -0.2) is 52.9 Å². The van der Waals surface area contributed by atoms with E-state index < -0.39 is 30.7 Å². The van der Waals surface area contributed by atoms with E-state index in [1.807, 2.05) is 0 Å². The van der Waals surface area contributed by atoms with Crippen molar-refractivity contribution in [2.75, 3.05) is 13.6 Å². The van der Waals surface area contributed by atoms with Crippen LogP contribution in [0.1, 0.15) is 6.92 Å². The van der Waals surface area contributed by atoms with Gasteiger partial charge in [0, 0.05) is 14.0 Å². The van der Waals surface area contributed by atoms with Crippen molar-refractivity contribution in [3.8, 4) is 0 Å². The normalized spacial score (nSPS) is 25.4. The van der Waals surface area contributed by atoms with E-state index in [0.717, 1.165) is 14.0 Å². The van der Waals surface area contributed by atoms with Gasteiger partial charge in [-0.3, -0.25) is 10.0 Å². The maximum absolute atomic E-state index is 13.2. The summed E-state index contributed by atoms with van der Waals surface area (Å²) < 4.78 is 30.6. The lowest BCUT2D eigenvalue weighted by Gasteiger charge is -2.39. The first-order valence-corrected chi connectivity index (χ1v) is 4.04. The highest BCUT2D eigenvalue weighted by Crippen LogP contribution is 2.29. The number of ether oxygens (including phenoxy) is 1. The molecule has 15 heavy (non-hydrogen) atoms. The lowest BCUT2D eigenvalue weighted by molar-refractivity contribution is -0.275. The van der Waals surface area contributed by atoms with Gasteiger partial charge in [0.2, 0.25) is 0 Å². The molecule has 0 aromatic carbocycles. The molecule has 1 fully saturated rings. The van der Waals surface area contributed by atoms with Gasteiger partial charge in [0.1, 0.15) is 0 Å². The smallest absolute Gasteiger partial charge is 0.347 e. The van der Waals surface area contributed by atoms with Crippen molar-refractivity contribution in [3.05, 3.63) is 0 Å². The predicted molar refractivity (Wildman–Crippen MR) is 42.2 cm³/mol. The Hall–Kier alpha value is -1.44. The molecule has 1 heterocycles. The number of rotatable bonds is 1. The molecule has 0 radical (unpaired) electrons. The molecule has 1 unspecified atom stereocenters. The lowest BCUT2D eigenvalue weighted by Crippen LogP contribution is -2.63. The van der Waals surface area contributed by atoms with Gasteiger partial charge in [-0.2, -0.15) is 13.8 Å². The Bertz CT molecular complexity index is 297. The molecule has 0 aliphatic carbocycles. The maximum Gasteiger partial charge on any atom is 0.347 e. The third-order valence-corrected chi connectivity index (χ3v) is 1.83. The topological polar surface area (TPSA) is 70.1 Å². The number of alkyl halides is 2. The predicted octanol–water partition coefficient (Wildman–Crippen LogP) is 0.267. The van der Waals surface area contributed by atoms with E-state index in [1.54, 1.807) is 0 Å². The summed E-state index contributed by atoms with van der Waals surface area (Å²) in [5, 5.41) is 8.79. The third-order valence-electron chi connectivity index (χ3n) is 1.83. The molecule has 86 valence electrons. The number of nitrogens with zero attached hydrogens (tertiary/aromatic N) is 2. The van der Waals surface area contributed by atoms with Crippen LogP contribution < -0.4 is 0 Å². The van der Waals surface area contributed by atoms with E-state index in [9.17, 15) is 18.4 Å². The highest BCUT2D eigenvalue weighted by atomic mass is 19.3. The number of carbonyl (C=O) groups is 2. The summed E-state index contributed by atoms with van der Waals surface area (Å²) in [5.74, 6) is -4.51. The van der Waals surface area contributed by atoms with Crippen LogP contribution >= 0.6 is 0 Å². The molecular formula is C7H10F2N2O4. The van der Waals surface area contributed by atoms with E-state index >= 15 is 0 Å². The van der Waals surface area contributed by atoms with Gasteiger partial charge in [-0.15, -0.1) is 0 Å². The summed E-state index contributed by atoms with van der Waals surface area (Å²) in [7, 11) is 1.10. The third kappa shape index (κ3) is 2.14. The Morgan fingerprint density at radius 3 is 2.67 bits per heavy atom. The van der Waals surface area contributed by atoms with E-state index in [4.69, 9.17) is 5.21 Å². The fraction of sp³-hybridized carbons (Fsp3) is 0.714. The molecule has 8 heteroatoms. The lowest BCUT2D eigenvalue weighted by atomic mass is 10.2. The Kier molecular flexibility index (Phi) is 2.80. The van der Waals surface area contributed by atoms with E-state index in [2.05, 4.69) is 4.74 Å².